The average Bonchev–Trinajstić information content (AvgIpc) is 3.42. The zero-order valence-corrected chi connectivity index (χ0v) is 28.5. The molecule has 45 heavy (non-hydrogen) atoms. The number of imidazole rings is 1. The number of rotatable bonds is 10. The number of piperidine rings is 1. The quantitative estimate of drug-likeness (QED) is 0.198. The van der Waals surface area contributed by atoms with E-state index in [0.29, 0.717) is 28.2 Å². The summed E-state index contributed by atoms with van der Waals surface area (Å²) in [6.07, 6.45) is 3.37. The van der Waals surface area contributed by atoms with Gasteiger partial charge in [-0.3, -0.25) is 4.57 Å². The number of likely N-dealkylation sites (tertiary alicyclic amines) is 1. The first-order valence-electron chi connectivity index (χ1n) is 14.4. The lowest BCUT2D eigenvalue weighted by Crippen LogP contribution is -3.11. The molecule has 0 amide bonds. The first-order valence-corrected chi connectivity index (χ1v) is 17.6. The highest BCUT2D eigenvalue weighted by Crippen LogP contribution is 2.40. The fourth-order valence-corrected chi connectivity index (χ4v) is 8.53. The van der Waals surface area contributed by atoms with Gasteiger partial charge in [-0.1, -0.05) is 54.9 Å². The fourth-order valence-electron chi connectivity index (χ4n) is 5.59. The molecule has 3 aromatic carbocycles. The molecule has 0 aliphatic carbocycles. The lowest BCUT2D eigenvalue weighted by atomic mass is 9.81. The van der Waals surface area contributed by atoms with Crippen LogP contribution in [0.2, 0.25) is 10.0 Å². The minimum Gasteiger partial charge on any atom is -0.495 e. The van der Waals surface area contributed by atoms with Gasteiger partial charge in [0, 0.05) is 27.4 Å². The van der Waals surface area contributed by atoms with Crippen LogP contribution in [0.5, 0.6) is 5.75 Å². The summed E-state index contributed by atoms with van der Waals surface area (Å²) in [5, 5.41) is 1.00. The van der Waals surface area contributed by atoms with Gasteiger partial charge >= 0.3 is 0 Å². The lowest BCUT2D eigenvalue weighted by Gasteiger charge is -2.28. The molecule has 0 radical (unpaired) electrons. The monoisotopic (exact) mass is 695 g/mol. The molecule has 4 aromatic rings. The van der Waals surface area contributed by atoms with Crippen LogP contribution < -0.4 is 14.4 Å². The molecule has 2 unspecified atom stereocenters. The standard InChI is InChI=1S/C32H34Cl2F2N4O3S2/c1-32(2,20-7-12-26(33)29(14-20)43-4)30-17-37-31(40(30)23-10-8-21(35)9-11-23)44-19-25-27(34)15-24(16-28(25)36)45(41,42)38-22-6-5-13-39(3)18-22/h7-12,14-17,22,38H,5-6,13,18-19H2,1-4H3/p+1. The summed E-state index contributed by atoms with van der Waals surface area (Å²) in [4.78, 5) is 5.70. The molecule has 240 valence electrons. The van der Waals surface area contributed by atoms with E-state index in [1.807, 2.05) is 37.6 Å². The maximum absolute atomic E-state index is 15.5. The molecule has 5 rings (SSSR count). The van der Waals surface area contributed by atoms with Gasteiger partial charge in [-0.25, -0.2) is 26.9 Å². The number of methoxy groups -OCH3 is 1. The zero-order valence-electron chi connectivity index (χ0n) is 25.3. The molecule has 1 aromatic heterocycles. The van der Waals surface area contributed by atoms with Crippen LogP contribution in [-0.4, -0.2) is 51.3 Å². The van der Waals surface area contributed by atoms with Crippen LogP contribution in [0.4, 0.5) is 8.78 Å². The van der Waals surface area contributed by atoms with Gasteiger partial charge in [-0.15, -0.1) is 0 Å². The highest BCUT2D eigenvalue weighted by atomic mass is 35.5. The maximum Gasteiger partial charge on any atom is 0.241 e. The molecule has 0 bridgehead atoms. The smallest absolute Gasteiger partial charge is 0.241 e. The highest BCUT2D eigenvalue weighted by molar-refractivity contribution is 7.98. The molecule has 2 atom stereocenters. The minimum absolute atomic E-state index is 0.00274. The molecule has 2 N–H and O–H groups in total. The first-order chi connectivity index (χ1) is 21.3. The van der Waals surface area contributed by atoms with Crippen molar-refractivity contribution in [3.63, 3.8) is 0 Å². The van der Waals surface area contributed by atoms with Gasteiger partial charge in [0.1, 0.15) is 17.4 Å². The van der Waals surface area contributed by atoms with E-state index in [4.69, 9.17) is 27.9 Å². The van der Waals surface area contributed by atoms with Crippen molar-refractivity contribution in [3.05, 3.63) is 99.3 Å². The number of nitrogens with one attached hydrogen (secondary N) is 2. The summed E-state index contributed by atoms with van der Waals surface area (Å²) < 4.78 is 65.6. The van der Waals surface area contributed by atoms with Crippen LogP contribution in [0, 0.1) is 11.6 Å². The Morgan fingerprint density at radius 3 is 2.51 bits per heavy atom. The van der Waals surface area contributed by atoms with E-state index < -0.39 is 21.3 Å². The molecule has 0 spiro atoms. The molecular formula is C32H35Cl2F2N4O3S2+. The SMILES string of the molecule is COc1cc(C(C)(C)c2cnc(SCc3c(F)cc(S(=O)(=O)NC4CCC[NH+](C)C4)cc3Cl)n2-c2ccc(F)cc2)ccc1Cl. The molecule has 1 fully saturated rings. The fraction of sp³-hybridized carbons (Fsp3) is 0.344. The Labute approximate surface area is 276 Å². The first kappa shape index (κ1) is 33.7. The van der Waals surface area contributed by atoms with Crippen LogP contribution in [-0.2, 0) is 21.2 Å². The van der Waals surface area contributed by atoms with Crippen molar-refractivity contribution >= 4 is 45.0 Å². The predicted molar refractivity (Wildman–Crippen MR) is 175 cm³/mol. The van der Waals surface area contributed by atoms with Crippen molar-refractivity contribution in [2.45, 2.75) is 54.0 Å². The van der Waals surface area contributed by atoms with Crippen LogP contribution >= 0.6 is 35.0 Å². The molecule has 7 nitrogen and oxygen atoms in total. The van der Waals surface area contributed by atoms with Crippen molar-refractivity contribution in [3.8, 4) is 11.4 Å². The van der Waals surface area contributed by atoms with Crippen molar-refractivity contribution in [1.29, 1.82) is 0 Å². The van der Waals surface area contributed by atoms with Crippen molar-refractivity contribution < 1.29 is 26.8 Å². The van der Waals surface area contributed by atoms with Gasteiger partial charge < -0.3 is 9.64 Å². The van der Waals surface area contributed by atoms with E-state index in [2.05, 4.69) is 9.71 Å². The lowest BCUT2D eigenvalue weighted by molar-refractivity contribution is -0.885. The Hall–Kier alpha value is -2.67. The topological polar surface area (TPSA) is 77.7 Å². The molecule has 1 saturated heterocycles. The van der Waals surface area contributed by atoms with Crippen LogP contribution in [0.15, 0.2) is 70.8 Å². The summed E-state index contributed by atoms with van der Waals surface area (Å²) >= 11 is 14.0. The number of thioether (sulfide) groups is 1. The normalized spacial score (nSPS) is 17.4. The van der Waals surface area contributed by atoms with Crippen molar-refractivity contribution in [2.24, 2.45) is 0 Å². The number of hydrogen-bond acceptors (Lipinski definition) is 5. The molecule has 13 heteroatoms. The summed E-state index contributed by atoms with van der Waals surface area (Å²) in [6, 6.07) is 13.6. The number of sulfonamides is 1. The van der Waals surface area contributed by atoms with Gasteiger partial charge in [0.2, 0.25) is 10.0 Å². The van der Waals surface area contributed by atoms with Gasteiger partial charge in [-0.2, -0.15) is 0 Å². The second-order valence-corrected chi connectivity index (χ2v) is 15.2. The number of quaternary nitrogens is 1. The Bertz CT molecular complexity index is 1780. The number of aromatic nitrogens is 2. The summed E-state index contributed by atoms with van der Waals surface area (Å²) in [6.45, 7) is 5.70. The Balaban J connectivity index is 1.45. The van der Waals surface area contributed by atoms with Gasteiger partial charge in [0.05, 0.1) is 55.1 Å². The van der Waals surface area contributed by atoms with E-state index in [1.165, 1.54) is 34.9 Å². The maximum atomic E-state index is 15.5. The Morgan fingerprint density at radius 2 is 1.84 bits per heavy atom. The number of benzene rings is 3. The van der Waals surface area contributed by atoms with Crippen LogP contribution in [0.25, 0.3) is 5.69 Å². The molecule has 1 aliphatic rings. The number of likely N-dealkylation sites (N-methyl/N-ethyl adjacent to an activating group) is 1. The van der Waals surface area contributed by atoms with Crippen molar-refractivity contribution in [2.75, 3.05) is 27.2 Å². The Kier molecular flexibility index (Phi) is 10.2. The summed E-state index contributed by atoms with van der Waals surface area (Å²) in [5.74, 6) is -0.508. The third kappa shape index (κ3) is 7.34. The number of hydrogen-bond donors (Lipinski definition) is 2. The molecule has 0 saturated carbocycles. The van der Waals surface area contributed by atoms with Gasteiger partial charge in [-0.05, 0) is 66.9 Å². The molecule has 1 aliphatic heterocycles. The van der Waals surface area contributed by atoms with Gasteiger partial charge in [0.15, 0.2) is 5.16 Å². The second kappa shape index (κ2) is 13.6. The van der Waals surface area contributed by atoms with E-state index in [0.717, 1.165) is 36.7 Å². The van der Waals surface area contributed by atoms with E-state index in [-0.39, 0.29) is 33.1 Å². The second-order valence-electron chi connectivity index (χ2n) is 11.7. The third-order valence-electron chi connectivity index (χ3n) is 8.17. The third-order valence-corrected chi connectivity index (χ3v) is 11.3. The number of nitrogens with zero attached hydrogens (tertiary/aromatic N) is 2. The summed E-state index contributed by atoms with van der Waals surface area (Å²) in [5.41, 5.74) is 1.90. The van der Waals surface area contributed by atoms with Gasteiger partial charge in [0.25, 0.3) is 0 Å². The van der Waals surface area contributed by atoms with Crippen LogP contribution in [0.1, 0.15) is 43.5 Å². The van der Waals surface area contributed by atoms with E-state index >= 15 is 4.39 Å². The average molecular weight is 697 g/mol. The largest absolute Gasteiger partial charge is 0.495 e. The predicted octanol–water partition coefficient (Wildman–Crippen LogP) is 6.04. The minimum atomic E-state index is -3.96. The van der Waals surface area contributed by atoms with E-state index in [1.54, 1.807) is 31.5 Å². The van der Waals surface area contributed by atoms with Crippen molar-refractivity contribution in [1.82, 2.24) is 14.3 Å². The number of halogens is 4. The highest BCUT2D eigenvalue weighted by Gasteiger charge is 2.31. The zero-order chi connectivity index (χ0) is 32.5. The molecule has 2 heterocycles. The Morgan fingerprint density at radius 1 is 1.11 bits per heavy atom. The summed E-state index contributed by atoms with van der Waals surface area (Å²) in [7, 11) is -0.397. The molecular weight excluding hydrogens is 661 g/mol. The number of ether oxygens (including phenoxy) is 1. The van der Waals surface area contributed by atoms with Crippen LogP contribution in [0.3, 0.4) is 0 Å². The van der Waals surface area contributed by atoms with E-state index in [9.17, 15) is 12.8 Å².